The number of hydrogen-bond acceptors (Lipinski definition) is 12. The topological polar surface area (TPSA) is 138 Å². The fourth-order valence-electron chi connectivity index (χ4n) is 11.5. The van der Waals surface area contributed by atoms with Crippen molar-refractivity contribution in [2.75, 3.05) is 13.7 Å². The standard InChI is InChI=1S/C69H92NO12Si/c1-7-8-9-10-11-12-13-14-15-16-17-33-44-60-62(80-68(73)79-60)59(70(47-54-34-23-18-24-35-54)67(72)78-50-57-40-29-21-30-41-57)45-46-69(74-6)65(76-49-56-38-27-20-28-39-56)64(75-48-55-36-25-19-26-37-55)63(82-83(52(2)3)53(4)5)61(81-69)51-77-66(71)58-42-31-22-32-43-58/h18-32,34-43,52-53,59-65H,7-17,33,44-51H2,1-6H3/t59-,60?,61?,62-,63-,64-,65?,69-/m0/s1. The highest BCUT2D eigenvalue weighted by molar-refractivity contribution is 6.55. The molecule has 5 aromatic carbocycles. The Morgan fingerprint density at radius 1 is 0.578 bits per heavy atom. The summed E-state index contributed by atoms with van der Waals surface area (Å²) in [5, 5.41) is 0. The van der Waals surface area contributed by atoms with E-state index in [1.165, 1.54) is 51.4 Å². The highest BCUT2D eigenvalue weighted by atomic mass is 28.3. The Labute approximate surface area is 496 Å². The molecule has 0 N–H and O–H groups in total. The molecular weight excluding hydrogens is 1060 g/mol. The number of nitrogens with zero attached hydrogens (tertiary/aromatic N) is 1. The zero-order valence-corrected chi connectivity index (χ0v) is 51.1. The van der Waals surface area contributed by atoms with Gasteiger partial charge in [-0.1, -0.05) is 245 Å². The molecule has 449 valence electrons. The van der Waals surface area contributed by atoms with Gasteiger partial charge in [-0.05, 0) is 64.7 Å². The minimum Gasteiger partial charge on any atom is -0.459 e. The fraction of sp³-hybridized carbons (Fsp3) is 0.522. The van der Waals surface area contributed by atoms with Crippen LogP contribution in [0.3, 0.4) is 0 Å². The molecule has 0 aromatic heterocycles. The quantitative estimate of drug-likeness (QED) is 0.0163. The lowest BCUT2D eigenvalue weighted by molar-refractivity contribution is -0.372. The third-order valence-electron chi connectivity index (χ3n) is 15.9. The van der Waals surface area contributed by atoms with Gasteiger partial charge in [0.05, 0.1) is 24.8 Å². The number of benzene rings is 5. The van der Waals surface area contributed by atoms with Crippen LogP contribution >= 0.6 is 0 Å². The number of esters is 1. The number of methoxy groups -OCH3 is 1. The van der Waals surface area contributed by atoms with E-state index in [1.54, 1.807) is 36.3 Å². The summed E-state index contributed by atoms with van der Waals surface area (Å²) < 4.78 is 60.9. The maximum Gasteiger partial charge on any atom is 0.509 e. The summed E-state index contributed by atoms with van der Waals surface area (Å²) in [5.74, 6) is -2.19. The summed E-state index contributed by atoms with van der Waals surface area (Å²) in [4.78, 5) is 44.4. The third kappa shape index (κ3) is 20.1. The number of hydrogen-bond donors (Lipinski definition) is 0. The van der Waals surface area contributed by atoms with E-state index >= 15 is 4.79 Å². The Morgan fingerprint density at radius 2 is 1.07 bits per heavy atom. The summed E-state index contributed by atoms with van der Waals surface area (Å²) in [7, 11) is -0.0254. The molecule has 8 atom stereocenters. The molecule has 2 saturated heterocycles. The fourth-order valence-corrected chi connectivity index (χ4v) is 14.0. The molecule has 0 saturated carbocycles. The molecule has 0 aliphatic carbocycles. The van der Waals surface area contributed by atoms with Gasteiger partial charge in [0, 0.05) is 20.1 Å². The summed E-state index contributed by atoms with van der Waals surface area (Å²) in [6.07, 6.45) is 8.41. The number of unbranched alkanes of at least 4 members (excludes halogenated alkanes) is 11. The van der Waals surface area contributed by atoms with Crippen LogP contribution in [-0.2, 0) is 68.7 Å². The number of ether oxygens (including phenoxy) is 8. The smallest absolute Gasteiger partial charge is 0.459 e. The molecule has 7 rings (SSSR count). The first-order valence-electron chi connectivity index (χ1n) is 30.7. The maximum absolute atomic E-state index is 15.1. The van der Waals surface area contributed by atoms with Crippen LogP contribution in [0.1, 0.15) is 164 Å². The van der Waals surface area contributed by atoms with Crippen molar-refractivity contribution in [3.05, 3.63) is 179 Å². The number of rotatable bonds is 36. The van der Waals surface area contributed by atoms with Crippen LogP contribution in [0.5, 0.6) is 0 Å². The van der Waals surface area contributed by atoms with E-state index in [0.29, 0.717) is 12.0 Å². The molecule has 14 heteroatoms. The average molecular weight is 1160 g/mol. The molecule has 2 heterocycles. The highest BCUT2D eigenvalue weighted by Crippen LogP contribution is 2.43. The number of carbonyl (C=O) groups excluding carboxylic acids is 3. The molecule has 2 fully saturated rings. The predicted octanol–water partition coefficient (Wildman–Crippen LogP) is 15.9. The van der Waals surface area contributed by atoms with Gasteiger partial charge in [0.2, 0.25) is 9.04 Å². The van der Waals surface area contributed by atoms with Crippen LogP contribution in [0, 0.1) is 0 Å². The second-order valence-corrected chi connectivity index (χ2v) is 26.2. The van der Waals surface area contributed by atoms with E-state index in [4.69, 9.17) is 42.3 Å². The lowest BCUT2D eigenvalue weighted by Crippen LogP contribution is -2.69. The molecule has 0 spiro atoms. The van der Waals surface area contributed by atoms with Crippen molar-refractivity contribution in [2.24, 2.45) is 0 Å². The van der Waals surface area contributed by atoms with E-state index in [2.05, 4.69) is 34.6 Å². The van der Waals surface area contributed by atoms with Gasteiger partial charge in [0.25, 0.3) is 0 Å². The SMILES string of the molecule is CCCCCCCCCCCCCCC1OC(=O)O[C@H]1[C@H](CC[C@]1(OC)OC(COC(=O)c2ccccc2)[C@H](O[Si](C(C)C)C(C)C)[C@H](OCc2ccccc2)C1OCc1ccccc1)N(Cc1ccccc1)C(=O)OCc1ccccc1. The Hall–Kier alpha value is -5.87. The largest absolute Gasteiger partial charge is 0.509 e. The molecule has 2 aliphatic heterocycles. The Kier molecular flexibility index (Phi) is 27.1. The van der Waals surface area contributed by atoms with Crippen LogP contribution in [0.15, 0.2) is 152 Å². The molecule has 5 aromatic rings. The van der Waals surface area contributed by atoms with Crippen LogP contribution in [-0.4, -0.2) is 94.3 Å². The average Bonchev–Trinajstić information content (AvgIpc) is 3.95. The molecule has 3 unspecified atom stereocenters. The monoisotopic (exact) mass is 1150 g/mol. The third-order valence-corrected chi connectivity index (χ3v) is 18.7. The van der Waals surface area contributed by atoms with Gasteiger partial charge in [0.15, 0.2) is 11.9 Å². The molecule has 1 amide bonds. The van der Waals surface area contributed by atoms with Crippen molar-refractivity contribution >= 4 is 27.3 Å². The predicted molar refractivity (Wildman–Crippen MR) is 325 cm³/mol. The van der Waals surface area contributed by atoms with Crippen LogP contribution in [0.4, 0.5) is 9.59 Å². The first-order valence-corrected chi connectivity index (χ1v) is 32.2. The van der Waals surface area contributed by atoms with E-state index in [9.17, 15) is 9.59 Å². The molecule has 1 radical (unpaired) electrons. The van der Waals surface area contributed by atoms with Gasteiger partial charge in [-0.2, -0.15) is 0 Å². The lowest BCUT2D eigenvalue weighted by Gasteiger charge is -2.53. The normalized spacial score (nSPS) is 21.0. The van der Waals surface area contributed by atoms with E-state index in [1.807, 2.05) is 127 Å². The Bertz CT molecular complexity index is 2590. The summed E-state index contributed by atoms with van der Waals surface area (Å²) in [6.45, 7) is 11.2. The molecule has 83 heavy (non-hydrogen) atoms. The number of cyclic esters (lactones) is 2. The number of carbonyl (C=O) groups is 3. The minimum atomic E-state index is -1.67. The molecule has 0 bridgehead atoms. The first-order chi connectivity index (χ1) is 40.5. The Morgan fingerprint density at radius 3 is 1.60 bits per heavy atom. The van der Waals surface area contributed by atoms with Gasteiger partial charge < -0.3 is 42.3 Å². The summed E-state index contributed by atoms with van der Waals surface area (Å²) in [6, 6.07) is 47.1. The van der Waals surface area contributed by atoms with Crippen molar-refractivity contribution in [2.45, 2.75) is 217 Å². The van der Waals surface area contributed by atoms with E-state index in [0.717, 1.165) is 47.9 Å². The molecule has 13 nitrogen and oxygen atoms in total. The van der Waals surface area contributed by atoms with Crippen molar-refractivity contribution in [1.29, 1.82) is 0 Å². The number of amides is 1. The lowest BCUT2D eigenvalue weighted by atomic mass is 9.86. The molecule has 2 aliphatic rings. The maximum atomic E-state index is 15.1. The van der Waals surface area contributed by atoms with Gasteiger partial charge in [-0.25, -0.2) is 14.4 Å². The van der Waals surface area contributed by atoms with Gasteiger partial charge in [0.1, 0.15) is 43.7 Å². The van der Waals surface area contributed by atoms with Crippen LogP contribution < -0.4 is 0 Å². The van der Waals surface area contributed by atoms with Crippen molar-refractivity contribution < 1.29 is 56.7 Å². The second-order valence-electron chi connectivity index (χ2n) is 22.8. The Balaban J connectivity index is 1.27. The zero-order valence-electron chi connectivity index (χ0n) is 50.1. The van der Waals surface area contributed by atoms with Crippen molar-refractivity contribution in [3.63, 3.8) is 0 Å². The summed E-state index contributed by atoms with van der Waals surface area (Å²) in [5.41, 5.74) is 4.25. The van der Waals surface area contributed by atoms with Crippen molar-refractivity contribution in [3.8, 4) is 0 Å². The first kappa shape index (κ1) is 64.7. The van der Waals surface area contributed by atoms with E-state index < -0.39 is 75.7 Å². The summed E-state index contributed by atoms with van der Waals surface area (Å²) >= 11 is 0. The molecular formula is C69H92NO12Si. The van der Waals surface area contributed by atoms with E-state index in [-0.39, 0.29) is 56.9 Å². The second kappa shape index (κ2) is 34.8. The van der Waals surface area contributed by atoms with Crippen LogP contribution in [0.2, 0.25) is 11.1 Å². The zero-order chi connectivity index (χ0) is 58.7. The van der Waals surface area contributed by atoms with Gasteiger partial charge in [-0.3, -0.25) is 4.90 Å². The van der Waals surface area contributed by atoms with Crippen molar-refractivity contribution in [1.82, 2.24) is 4.90 Å². The van der Waals surface area contributed by atoms with Gasteiger partial charge in [-0.15, -0.1) is 0 Å². The van der Waals surface area contributed by atoms with Gasteiger partial charge >= 0.3 is 18.2 Å². The highest BCUT2D eigenvalue weighted by Gasteiger charge is 2.59. The minimum absolute atomic E-state index is 0.0167. The van der Waals surface area contributed by atoms with Crippen LogP contribution in [0.25, 0.3) is 0 Å².